The molecule has 0 radical (unpaired) electrons. The molecule has 3 aromatic rings. The SMILES string of the molecule is O=C(c1cnccn1)N1CCCC1c1nc2ccccc2c(=O)[nH]1. The number of aromatic amines is 1. The van der Waals surface area contributed by atoms with E-state index in [0.717, 1.165) is 12.8 Å². The monoisotopic (exact) mass is 321 g/mol. The van der Waals surface area contributed by atoms with Crippen LogP contribution in [0.4, 0.5) is 0 Å². The number of nitrogens with one attached hydrogen (secondary N) is 1. The van der Waals surface area contributed by atoms with E-state index in [1.54, 1.807) is 23.1 Å². The highest BCUT2D eigenvalue weighted by atomic mass is 16.2. The van der Waals surface area contributed by atoms with Gasteiger partial charge in [0.15, 0.2) is 0 Å². The number of carbonyl (C=O) groups excluding carboxylic acids is 1. The van der Waals surface area contributed by atoms with Crippen LogP contribution in [0.25, 0.3) is 10.9 Å². The summed E-state index contributed by atoms with van der Waals surface area (Å²) < 4.78 is 0. The molecule has 0 spiro atoms. The second kappa shape index (κ2) is 5.84. The molecule has 1 fully saturated rings. The predicted molar refractivity (Wildman–Crippen MR) is 87.4 cm³/mol. The highest BCUT2D eigenvalue weighted by Gasteiger charge is 2.33. The topological polar surface area (TPSA) is 91.8 Å². The Hall–Kier alpha value is -3.09. The molecule has 7 heteroatoms. The summed E-state index contributed by atoms with van der Waals surface area (Å²) in [5.74, 6) is 0.329. The number of aromatic nitrogens is 4. The molecular weight excluding hydrogens is 306 g/mol. The number of fused-ring (bicyclic) bond motifs is 1. The van der Waals surface area contributed by atoms with Gasteiger partial charge in [0.25, 0.3) is 11.5 Å². The van der Waals surface area contributed by atoms with Gasteiger partial charge in [-0.1, -0.05) is 12.1 Å². The zero-order chi connectivity index (χ0) is 16.5. The lowest BCUT2D eigenvalue weighted by molar-refractivity contribution is 0.0723. The first-order valence-electron chi connectivity index (χ1n) is 7.80. The third-order valence-electron chi connectivity index (χ3n) is 4.24. The van der Waals surface area contributed by atoms with Gasteiger partial charge in [-0.05, 0) is 25.0 Å². The van der Waals surface area contributed by atoms with Crippen LogP contribution in [-0.2, 0) is 0 Å². The summed E-state index contributed by atoms with van der Waals surface area (Å²) in [6.07, 6.45) is 6.09. The first-order chi connectivity index (χ1) is 11.7. The van der Waals surface area contributed by atoms with Crippen molar-refractivity contribution in [2.45, 2.75) is 18.9 Å². The Balaban J connectivity index is 1.73. The van der Waals surface area contributed by atoms with Crippen LogP contribution in [0.15, 0.2) is 47.7 Å². The lowest BCUT2D eigenvalue weighted by Gasteiger charge is -2.23. The number of rotatable bonds is 2. The van der Waals surface area contributed by atoms with Crippen molar-refractivity contribution >= 4 is 16.8 Å². The standard InChI is InChI=1S/C17H15N5O2/c23-16-11-4-1-2-5-12(11)20-15(21-16)14-6-3-9-22(14)17(24)13-10-18-7-8-19-13/h1-2,4-5,7-8,10,14H,3,6,9H2,(H,20,21,23). The molecule has 1 aliphatic heterocycles. The molecule has 1 aliphatic rings. The fourth-order valence-corrected chi connectivity index (χ4v) is 3.11. The molecule has 2 aromatic heterocycles. The van der Waals surface area contributed by atoms with Gasteiger partial charge in [-0.15, -0.1) is 0 Å². The number of likely N-dealkylation sites (tertiary alicyclic amines) is 1. The van der Waals surface area contributed by atoms with Gasteiger partial charge in [-0.3, -0.25) is 14.6 Å². The molecule has 0 aliphatic carbocycles. The van der Waals surface area contributed by atoms with Crippen molar-refractivity contribution in [2.24, 2.45) is 0 Å². The van der Waals surface area contributed by atoms with E-state index in [1.807, 2.05) is 6.07 Å². The number of nitrogens with zero attached hydrogens (tertiary/aromatic N) is 4. The van der Waals surface area contributed by atoms with Gasteiger partial charge in [0, 0.05) is 18.9 Å². The smallest absolute Gasteiger partial charge is 0.274 e. The first kappa shape index (κ1) is 14.5. The average Bonchev–Trinajstić information content (AvgIpc) is 3.11. The van der Waals surface area contributed by atoms with Crippen LogP contribution < -0.4 is 5.56 Å². The van der Waals surface area contributed by atoms with Crippen LogP contribution in [0, 0.1) is 0 Å². The maximum Gasteiger partial charge on any atom is 0.274 e. The van der Waals surface area contributed by atoms with Crippen LogP contribution in [0.3, 0.4) is 0 Å². The molecular formula is C17H15N5O2. The minimum Gasteiger partial charge on any atom is -0.327 e. The van der Waals surface area contributed by atoms with E-state index in [9.17, 15) is 9.59 Å². The number of benzene rings is 1. The van der Waals surface area contributed by atoms with Crippen molar-refractivity contribution in [3.05, 3.63) is 64.7 Å². The normalized spacial score (nSPS) is 17.3. The summed E-state index contributed by atoms with van der Waals surface area (Å²) in [7, 11) is 0. The Bertz CT molecular complexity index is 954. The molecule has 120 valence electrons. The van der Waals surface area contributed by atoms with E-state index < -0.39 is 0 Å². The molecule has 1 amide bonds. The summed E-state index contributed by atoms with van der Waals surface area (Å²) in [4.78, 5) is 42.1. The van der Waals surface area contributed by atoms with Gasteiger partial charge in [-0.2, -0.15) is 0 Å². The van der Waals surface area contributed by atoms with Crippen molar-refractivity contribution in [1.29, 1.82) is 0 Å². The Morgan fingerprint density at radius 1 is 1.25 bits per heavy atom. The summed E-state index contributed by atoms with van der Waals surface area (Å²) >= 11 is 0. The van der Waals surface area contributed by atoms with Gasteiger partial charge < -0.3 is 9.88 Å². The third kappa shape index (κ3) is 2.44. The highest BCUT2D eigenvalue weighted by Crippen LogP contribution is 2.30. The molecule has 24 heavy (non-hydrogen) atoms. The lowest BCUT2D eigenvalue weighted by Crippen LogP contribution is -2.33. The number of amides is 1. The second-order valence-corrected chi connectivity index (χ2v) is 5.72. The Morgan fingerprint density at radius 3 is 2.96 bits per heavy atom. The maximum absolute atomic E-state index is 12.7. The van der Waals surface area contributed by atoms with Crippen LogP contribution >= 0.6 is 0 Å². The van der Waals surface area contributed by atoms with E-state index in [4.69, 9.17) is 0 Å². The molecule has 3 heterocycles. The molecule has 1 atom stereocenters. The van der Waals surface area contributed by atoms with Crippen molar-refractivity contribution in [1.82, 2.24) is 24.8 Å². The molecule has 1 saturated heterocycles. The zero-order valence-corrected chi connectivity index (χ0v) is 12.8. The van der Waals surface area contributed by atoms with E-state index in [2.05, 4.69) is 19.9 Å². The number of carbonyl (C=O) groups is 1. The van der Waals surface area contributed by atoms with Crippen LogP contribution in [0.2, 0.25) is 0 Å². The zero-order valence-electron chi connectivity index (χ0n) is 12.8. The fourth-order valence-electron chi connectivity index (χ4n) is 3.11. The maximum atomic E-state index is 12.7. The Labute approximate surface area is 137 Å². The summed E-state index contributed by atoms with van der Waals surface area (Å²) in [6.45, 7) is 0.608. The lowest BCUT2D eigenvalue weighted by atomic mass is 10.2. The Kier molecular flexibility index (Phi) is 3.53. The van der Waals surface area contributed by atoms with Crippen LogP contribution in [0.5, 0.6) is 0 Å². The van der Waals surface area contributed by atoms with E-state index in [0.29, 0.717) is 29.0 Å². The molecule has 4 rings (SSSR count). The number of H-pyrrole nitrogens is 1. The van der Waals surface area contributed by atoms with E-state index >= 15 is 0 Å². The van der Waals surface area contributed by atoms with Crippen molar-refractivity contribution in [3.8, 4) is 0 Å². The minimum absolute atomic E-state index is 0.186. The van der Waals surface area contributed by atoms with Gasteiger partial charge in [0.2, 0.25) is 0 Å². The predicted octanol–water partition coefficient (Wildman–Crippen LogP) is 1.69. The van der Waals surface area contributed by atoms with Gasteiger partial charge >= 0.3 is 0 Å². The number of hydrogen-bond acceptors (Lipinski definition) is 5. The summed E-state index contributed by atoms with van der Waals surface area (Å²) in [6, 6.07) is 6.94. The molecule has 7 nitrogen and oxygen atoms in total. The van der Waals surface area contributed by atoms with Gasteiger partial charge in [0.1, 0.15) is 11.5 Å². The molecule has 0 saturated carbocycles. The van der Waals surface area contributed by atoms with Crippen molar-refractivity contribution in [3.63, 3.8) is 0 Å². The highest BCUT2D eigenvalue weighted by molar-refractivity contribution is 5.92. The van der Waals surface area contributed by atoms with Crippen molar-refractivity contribution in [2.75, 3.05) is 6.54 Å². The molecule has 0 bridgehead atoms. The Morgan fingerprint density at radius 2 is 2.12 bits per heavy atom. The number of hydrogen-bond donors (Lipinski definition) is 1. The quantitative estimate of drug-likeness (QED) is 0.775. The second-order valence-electron chi connectivity index (χ2n) is 5.72. The van der Waals surface area contributed by atoms with Gasteiger partial charge in [0.05, 0.1) is 23.1 Å². The van der Waals surface area contributed by atoms with Crippen LogP contribution in [0.1, 0.15) is 35.2 Å². The molecule has 1 N–H and O–H groups in total. The minimum atomic E-state index is -0.253. The van der Waals surface area contributed by atoms with Gasteiger partial charge in [-0.25, -0.2) is 9.97 Å². The third-order valence-corrected chi connectivity index (χ3v) is 4.24. The van der Waals surface area contributed by atoms with E-state index in [1.165, 1.54) is 18.6 Å². The van der Waals surface area contributed by atoms with Crippen molar-refractivity contribution < 1.29 is 4.79 Å². The van der Waals surface area contributed by atoms with E-state index in [-0.39, 0.29) is 17.5 Å². The average molecular weight is 321 g/mol. The largest absolute Gasteiger partial charge is 0.327 e. The first-order valence-corrected chi connectivity index (χ1v) is 7.80. The van der Waals surface area contributed by atoms with Crippen LogP contribution in [-0.4, -0.2) is 37.3 Å². The fraction of sp³-hybridized carbons (Fsp3) is 0.235. The molecule has 1 aromatic carbocycles. The number of para-hydroxylation sites is 1. The summed E-state index contributed by atoms with van der Waals surface area (Å²) in [5.41, 5.74) is 0.747. The molecule has 1 unspecified atom stereocenters. The summed E-state index contributed by atoms with van der Waals surface area (Å²) in [5, 5.41) is 0.547.